The van der Waals surface area contributed by atoms with Gasteiger partial charge in [-0.25, -0.2) is 0 Å². The van der Waals surface area contributed by atoms with Crippen molar-refractivity contribution < 1.29 is 9.53 Å². The number of anilines is 1. The second kappa shape index (κ2) is 7.09. The molecule has 1 aromatic carbocycles. The van der Waals surface area contributed by atoms with Crippen molar-refractivity contribution in [3.05, 3.63) is 23.8 Å². The molecule has 3 N–H and O–H groups in total. The fourth-order valence-electron chi connectivity index (χ4n) is 1.84. The van der Waals surface area contributed by atoms with Crippen LogP contribution in [0.4, 0.5) is 5.69 Å². The first kappa shape index (κ1) is 15.4. The van der Waals surface area contributed by atoms with E-state index in [2.05, 4.69) is 5.32 Å². The maximum Gasteiger partial charge on any atom is 0.227 e. The molecule has 1 aromatic rings. The van der Waals surface area contributed by atoms with E-state index in [9.17, 15) is 4.79 Å². The van der Waals surface area contributed by atoms with Crippen molar-refractivity contribution in [1.82, 2.24) is 0 Å². The van der Waals surface area contributed by atoms with Gasteiger partial charge in [-0.1, -0.05) is 26.1 Å². The molecular formula is C14H20N2O2S. The molecule has 5 heteroatoms. The third-order valence-corrected chi connectivity index (χ3v) is 3.34. The summed E-state index contributed by atoms with van der Waals surface area (Å²) in [7, 11) is 1.55. The van der Waals surface area contributed by atoms with Crippen LogP contribution in [0.25, 0.3) is 0 Å². The summed E-state index contributed by atoms with van der Waals surface area (Å²) in [5.41, 5.74) is 6.92. The molecule has 4 nitrogen and oxygen atoms in total. The van der Waals surface area contributed by atoms with Gasteiger partial charge in [0.1, 0.15) is 10.7 Å². The van der Waals surface area contributed by atoms with Crippen molar-refractivity contribution in [2.45, 2.75) is 26.7 Å². The highest BCUT2D eigenvalue weighted by atomic mass is 32.1. The van der Waals surface area contributed by atoms with Crippen molar-refractivity contribution >= 4 is 28.8 Å². The van der Waals surface area contributed by atoms with Gasteiger partial charge in [-0.05, 0) is 31.0 Å². The molecule has 0 atom stereocenters. The Morgan fingerprint density at radius 2 is 2.05 bits per heavy atom. The van der Waals surface area contributed by atoms with Gasteiger partial charge in [-0.2, -0.15) is 0 Å². The van der Waals surface area contributed by atoms with Crippen molar-refractivity contribution in [2.24, 2.45) is 11.7 Å². The number of nitrogens with two attached hydrogens (primary N) is 1. The maximum absolute atomic E-state index is 12.0. The van der Waals surface area contributed by atoms with E-state index in [-0.39, 0.29) is 11.8 Å². The summed E-state index contributed by atoms with van der Waals surface area (Å²) >= 11 is 4.91. The summed E-state index contributed by atoms with van der Waals surface area (Å²) in [6, 6.07) is 5.26. The van der Waals surface area contributed by atoms with Gasteiger partial charge in [0.05, 0.1) is 12.8 Å². The van der Waals surface area contributed by atoms with E-state index in [0.29, 0.717) is 22.0 Å². The van der Waals surface area contributed by atoms with Gasteiger partial charge in [0.25, 0.3) is 0 Å². The minimum absolute atomic E-state index is 0.00590. The average molecular weight is 280 g/mol. The number of benzene rings is 1. The van der Waals surface area contributed by atoms with Gasteiger partial charge in [-0.15, -0.1) is 0 Å². The standard InChI is InChI=1S/C14H20N2O2S/c1-4-9(5-2)14(17)16-11-7-6-10(13(15)19)8-12(11)18-3/h6-9H,4-5H2,1-3H3,(H2,15,19)(H,16,17). The lowest BCUT2D eigenvalue weighted by molar-refractivity contribution is -0.120. The molecular weight excluding hydrogens is 260 g/mol. The first-order valence-electron chi connectivity index (χ1n) is 6.32. The van der Waals surface area contributed by atoms with E-state index in [1.54, 1.807) is 25.3 Å². The van der Waals surface area contributed by atoms with E-state index < -0.39 is 0 Å². The largest absolute Gasteiger partial charge is 0.495 e. The SMILES string of the molecule is CCC(CC)C(=O)Nc1ccc(C(N)=S)cc1OC. The molecule has 0 aliphatic carbocycles. The highest BCUT2D eigenvalue weighted by Gasteiger charge is 2.16. The van der Waals surface area contributed by atoms with Crippen LogP contribution in [0.1, 0.15) is 32.3 Å². The fourth-order valence-corrected chi connectivity index (χ4v) is 1.97. The zero-order valence-electron chi connectivity index (χ0n) is 11.5. The minimum atomic E-state index is 0.00590. The van der Waals surface area contributed by atoms with Crippen LogP contribution in [0.2, 0.25) is 0 Å². The molecule has 0 aromatic heterocycles. The zero-order valence-corrected chi connectivity index (χ0v) is 12.3. The first-order chi connectivity index (χ1) is 9.03. The van der Waals surface area contributed by atoms with Gasteiger partial charge in [0, 0.05) is 11.5 Å². The van der Waals surface area contributed by atoms with Gasteiger partial charge in [0.15, 0.2) is 0 Å². The number of nitrogens with one attached hydrogen (secondary N) is 1. The Balaban J connectivity index is 2.95. The predicted octanol–water partition coefficient (Wildman–Crippen LogP) is 2.70. The quantitative estimate of drug-likeness (QED) is 0.786. The Labute approximate surface area is 119 Å². The summed E-state index contributed by atoms with van der Waals surface area (Å²) in [4.78, 5) is 12.3. The lowest BCUT2D eigenvalue weighted by Gasteiger charge is -2.15. The number of carbonyl (C=O) groups is 1. The van der Waals surface area contributed by atoms with Crippen LogP contribution in [-0.2, 0) is 4.79 Å². The number of hydrogen-bond donors (Lipinski definition) is 2. The fraction of sp³-hybridized carbons (Fsp3) is 0.429. The zero-order chi connectivity index (χ0) is 14.4. The summed E-state index contributed by atoms with van der Waals surface area (Å²) in [5, 5.41) is 2.88. The number of rotatable bonds is 6. The molecule has 0 radical (unpaired) electrons. The highest BCUT2D eigenvalue weighted by molar-refractivity contribution is 7.80. The van der Waals surface area contributed by atoms with Crippen molar-refractivity contribution in [3.63, 3.8) is 0 Å². The number of hydrogen-bond acceptors (Lipinski definition) is 3. The van der Waals surface area contributed by atoms with Crippen LogP contribution < -0.4 is 15.8 Å². The molecule has 0 saturated carbocycles. The lowest BCUT2D eigenvalue weighted by atomic mass is 10.0. The number of thiocarbonyl (C=S) groups is 1. The molecule has 0 fully saturated rings. The monoisotopic (exact) mass is 280 g/mol. The van der Waals surface area contributed by atoms with E-state index in [1.165, 1.54) is 0 Å². The van der Waals surface area contributed by atoms with Crippen LogP contribution in [0, 0.1) is 5.92 Å². The first-order valence-corrected chi connectivity index (χ1v) is 6.72. The number of carbonyl (C=O) groups excluding carboxylic acids is 1. The van der Waals surface area contributed by atoms with Crippen LogP contribution >= 0.6 is 12.2 Å². The van der Waals surface area contributed by atoms with Gasteiger partial charge in [-0.3, -0.25) is 4.79 Å². The normalized spacial score (nSPS) is 10.3. The Morgan fingerprint density at radius 3 is 2.53 bits per heavy atom. The van der Waals surface area contributed by atoms with Gasteiger partial charge in [0.2, 0.25) is 5.91 Å². The summed E-state index contributed by atoms with van der Waals surface area (Å²) < 4.78 is 5.25. The van der Waals surface area contributed by atoms with Crippen molar-refractivity contribution in [3.8, 4) is 5.75 Å². The van der Waals surface area contributed by atoms with Crippen molar-refractivity contribution in [1.29, 1.82) is 0 Å². The predicted molar refractivity (Wildman–Crippen MR) is 81.6 cm³/mol. The Morgan fingerprint density at radius 1 is 1.42 bits per heavy atom. The molecule has 0 heterocycles. The number of methoxy groups -OCH3 is 1. The topological polar surface area (TPSA) is 64.4 Å². The van der Waals surface area contributed by atoms with Gasteiger partial charge < -0.3 is 15.8 Å². The molecule has 19 heavy (non-hydrogen) atoms. The van der Waals surface area contributed by atoms with E-state index in [0.717, 1.165) is 12.8 Å². The molecule has 0 unspecified atom stereocenters. The Bertz CT molecular complexity index is 471. The lowest BCUT2D eigenvalue weighted by Crippen LogP contribution is -2.22. The highest BCUT2D eigenvalue weighted by Crippen LogP contribution is 2.26. The third kappa shape index (κ3) is 3.92. The van der Waals surface area contributed by atoms with E-state index in [1.807, 2.05) is 13.8 Å². The minimum Gasteiger partial charge on any atom is -0.495 e. The van der Waals surface area contributed by atoms with Crippen LogP contribution in [0.15, 0.2) is 18.2 Å². The average Bonchev–Trinajstić information content (AvgIpc) is 2.40. The summed E-state index contributed by atoms with van der Waals surface area (Å²) in [6.45, 7) is 4.00. The third-order valence-electron chi connectivity index (χ3n) is 3.10. The van der Waals surface area contributed by atoms with Crippen LogP contribution in [-0.4, -0.2) is 18.0 Å². The van der Waals surface area contributed by atoms with Crippen molar-refractivity contribution in [2.75, 3.05) is 12.4 Å². The summed E-state index contributed by atoms with van der Waals surface area (Å²) in [6.07, 6.45) is 1.63. The molecule has 0 bridgehead atoms. The van der Waals surface area contributed by atoms with Crippen LogP contribution in [0.5, 0.6) is 5.75 Å². The molecule has 1 rings (SSSR count). The van der Waals surface area contributed by atoms with E-state index in [4.69, 9.17) is 22.7 Å². The molecule has 1 amide bonds. The molecule has 104 valence electrons. The maximum atomic E-state index is 12.0. The molecule has 0 saturated heterocycles. The second-order valence-corrected chi connectivity index (χ2v) is 4.72. The Hall–Kier alpha value is -1.62. The van der Waals surface area contributed by atoms with Crippen LogP contribution in [0.3, 0.4) is 0 Å². The van der Waals surface area contributed by atoms with Gasteiger partial charge >= 0.3 is 0 Å². The number of ether oxygens (including phenoxy) is 1. The molecule has 0 aliphatic heterocycles. The summed E-state index contributed by atoms with van der Waals surface area (Å²) in [5.74, 6) is 0.580. The molecule has 0 spiro atoms. The molecule has 0 aliphatic rings. The second-order valence-electron chi connectivity index (χ2n) is 4.28. The number of amides is 1. The Kier molecular flexibility index (Phi) is 5.76. The smallest absolute Gasteiger partial charge is 0.227 e. The van der Waals surface area contributed by atoms with E-state index >= 15 is 0 Å².